The van der Waals surface area contributed by atoms with E-state index in [1.54, 1.807) is 0 Å². The van der Waals surface area contributed by atoms with Gasteiger partial charge >= 0.3 is 0 Å². The van der Waals surface area contributed by atoms with Crippen molar-refractivity contribution in [1.29, 1.82) is 0 Å². The predicted octanol–water partition coefficient (Wildman–Crippen LogP) is -15.3. The van der Waals surface area contributed by atoms with E-state index in [0.29, 0.717) is 0 Å². The van der Waals surface area contributed by atoms with Gasteiger partial charge in [0.05, 0.1) is 52.9 Å². The molecule has 35 atom stereocenters. The Bertz CT molecular complexity index is 1870. The maximum absolute atomic E-state index is 11.1. The Balaban J connectivity index is 0.787. The topological polar surface area (TPSA) is 563 Å². The molecule has 8 aliphatic rings. The predicted molar refractivity (Wildman–Crippen MR) is 234 cm³/mol. The molecular formula is C43H72O36. The lowest BCUT2D eigenvalue weighted by Gasteiger charge is -2.44. The molecule has 0 saturated carbocycles. The third-order valence-corrected chi connectivity index (χ3v) is 14.8. The van der Waals surface area contributed by atoms with Crippen LogP contribution in [-0.2, 0) is 71.1 Å². The standard InChI is InChI=1S/C43H72O36/c44-1-9-17(46)27(56)35(43(73-9)70-8-12-20(49)26(55)34(63)41(74-12)65-3-11-19(48)25(54)28(57)36(64)71-11)79-42-33(62)24(53)16(78-42)7-69-40-32(61)23(52)15(77-40)6-68-39-31(60)22(51)14(76-39)5-67-38-30(59)21(50)13(75-38)4-66-37-29(58)18(47)10(2-45)72-37/h9-64H,1-8H2/t9-,10-,11-,12-,13-,14-,15-,16-,17-,18-,19-,20-,21-,22-,23-,24-,25+,26+,27+,28+,29+,30+,31+,32+,33+,34+,35+,36?,37+,38+,39+,40+,41+,42-,43+/m1/s1. The van der Waals surface area contributed by atoms with E-state index in [1.807, 2.05) is 0 Å². The molecule has 0 aromatic carbocycles. The first-order chi connectivity index (χ1) is 37.4. The fourth-order valence-corrected chi connectivity index (χ4v) is 9.83. The van der Waals surface area contributed by atoms with Crippen LogP contribution in [0.4, 0.5) is 0 Å². The van der Waals surface area contributed by atoms with Gasteiger partial charge in [-0.3, -0.25) is 0 Å². The maximum atomic E-state index is 11.1. The first-order valence-corrected chi connectivity index (χ1v) is 25.2. The summed E-state index contributed by atoms with van der Waals surface area (Å²) in [7, 11) is 0. The Kier molecular flexibility index (Phi) is 22.0. The van der Waals surface area contributed by atoms with E-state index in [-0.39, 0.29) is 0 Å². The summed E-state index contributed by atoms with van der Waals surface area (Å²) in [5, 5.41) is 218. The zero-order valence-corrected chi connectivity index (χ0v) is 41.4. The highest BCUT2D eigenvalue weighted by atomic mass is 16.8. The largest absolute Gasteiger partial charge is 0.394 e. The van der Waals surface area contributed by atoms with Crippen molar-refractivity contribution in [1.82, 2.24) is 0 Å². The number of aliphatic hydroxyl groups excluding tert-OH is 21. The summed E-state index contributed by atoms with van der Waals surface area (Å²) in [5.41, 5.74) is 0. The highest BCUT2D eigenvalue weighted by molar-refractivity contribution is 4.97. The van der Waals surface area contributed by atoms with E-state index in [9.17, 15) is 107 Å². The lowest BCUT2D eigenvalue weighted by atomic mass is 9.98. The van der Waals surface area contributed by atoms with Crippen molar-refractivity contribution in [3.05, 3.63) is 0 Å². The molecule has 8 rings (SSSR count). The van der Waals surface area contributed by atoms with Crippen LogP contribution < -0.4 is 0 Å². The van der Waals surface area contributed by atoms with Gasteiger partial charge in [0.15, 0.2) is 50.3 Å². The molecule has 36 nitrogen and oxygen atoms in total. The first kappa shape index (κ1) is 63.6. The smallest absolute Gasteiger partial charge is 0.187 e. The zero-order valence-electron chi connectivity index (χ0n) is 41.4. The molecule has 79 heavy (non-hydrogen) atoms. The van der Waals surface area contributed by atoms with E-state index < -0.39 is 268 Å². The fraction of sp³-hybridized carbons (Fsp3) is 1.00. The molecule has 0 aromatic heterocycles. The molecule has 8 heterocycles. The minimum Gasteiger partial charge on any atom is -0.394 e. The third-order valence-electron chi connectivity index (χ3n) is 14.8. The molecule has 36 heteroatoms. The van der Waals surface area contributed by atoms with Crippen molar-refractivity contribution in [3.8, 4) is 0 Å². The minimum absolute atomic E-state index is 0.465. The molecule has 21 N–H and O–H groups in total. The Morgan fingerprint density at radius 2 is 0.443 bits per heavy atom. The first-order valence-electron chi connectivity index (χ1n) is 25.2. The molecule has 8 fully saturated rings. The lowest BCUT2D eigenvalue weighted by molar-refractivity contribution is -0.354. The molecule has 8 saturated heterocycles. The van der Waals surface area contributed by atoms with Crippen LogP contribution in [0.25, 0.3) is 0 Å². The lowest BCUT2D eigenvalue weighted by Crippen LogP contribution is -2.63. The molecule has 0 radical (unpaired) electrons. The summed E-state index contributed by atoms with van der Waals surface area (Å²) in [6.07, 6.45) is -58.6. The Morgan fingerprint density at radius 1 is 0.215 bits per heavy atom. The van der Waals surface area contributed by atoms with Crippen molar-refractivity contribution >= 4 is 0 Å². The molecule has 0 aliphatic carbocycles. The van der Waals surface area contributed by atoms with Gasteiger partial charge in [-0.25, -0.2) is 0 Å². The van der Waals surface area contributed by atoms with Gasteiger partial charge in [-0.05, 0) is 0 Å². The monoisotopic (exact) mass is 1160 g/mol. The van der Waals surface area contributed by atoms with Crippen molar-refractivity contribution in [2.24, 2.45) is 0 Å². The van der Waals surface area contributed by atoms with E-state index in [1.165, 1.54) is 0 Å². The number of hydrogen-bond acceptors (Lipinski definition) is 36. The molecule has 8 aliphatic heterocycles. The normalized spacial score (nSPS) is 53.4. The quantitative estimate of drug-likeness (QED) is 0.0479. The summed E-state index contributed by atoms with van der Waals surface area (Å²) in [6, 6.07) is 0. The number of hydrogen-bond donors (Lipinski definition) is 21. The van der Waals surface area contributed by atoms with Gasteiger partial charge in [0.2, 0.25) is 0 Å². The van der Waals surface area contributed by atoms with E-state index in [0.717, 1.165) is 0 Å². The Labute approximate surface area is 445 Å². The van der Waals surface area contributed by atoms with Gasteiger partial charge in [0, 0.05) is 0 Å². The third kappa shape index (κ3) is 13.7. The van der Waals surface area contributed by atoms with Crippen LogP contribution >= 0.6 is 0 Å². The Morgan fingerprint density at radius 3 is 0.797 bits per heavy atom. The minimum atomic E-state index is -1.99. The molecule has 0 aromatic rings. The number of aliphatic hydroxyl groups is 21. The Hall–Kier alpha value is -1.44. The van der Waals surface area contributed by atoms with Gasteiger partial charge in [0.25, 0.3) is 0 Å². The van der Waals surface area contributed by atoms with Gasteiger partial charge in [-0.15, -0.1) is 0 Å². The highest BCUT2D eigenvalue weighted by Crippen LogP contribution is 2.34. The molecule has 0 spiro atoms. The molecule has 0 bridgehead atoms. The van der Waals surface area contributed by atoms with Crippen molar-refractivity contribution in [3.63, 3.8) is 0 Å². The van der Waals surface area contributed by atoms with Crippen LogP contribution in [0.5, 0.6) is 0 Å². The second-order valence-electron chi connectivity index (χ2n) is 20.2. The average molecular weight is 1170 g/mol. The van der Waals surface area contributed by atoms with Gasteiger partial charge in [-0.1, -0.05) is 0 Å². The van der Waals surface area contributed by atoms with E-state index in [4.69, 9.17) is 71.1 Å². The zero-order chi connectivity index (χ0) is 57.5. The summed E-state index contributed by atoms with van der Waals surface area (Å²) >= 11 is 0. The van der Waals surface area contributed by atoms with Crippen LogP contribution in [0.15, 0.2) is 0 Å². The van der Waals surface area contributed by atoms with Crippen molar-refractivity contribution < 1.29 is 178 Å². The second-order valence-corrected chi connectivity index (χ2v) is 20.2. The van der Waals surface area contributed by atoms with E-state index >= 15 is 0 Å². The SMILES string of the molecule is OC[C@H]1O[C@H](OC[C@H]2O[C@H](OC[C@H]3O[C@H](OC[C@H]4O[C@H](OC[C@H]5O[C@H](O[C@@H]6[C@@H](OC[C@H]7O[C@H](OC[C@H]8OC(O)[C@@H](O)[C@@H](O)[C@@H]8O)[C@@H](O)[C@@H](O)[C@@H]7O)O[C@H](CO)[C@@H](O)[C@@H]6O)[C@@H](O)[C@@H]5O)[C@@H](O)[C@@H]4O)[C@@H](O)[C@@H]3O)[C@@H](O)[C@@H]2O)[C@@H](O)[C@@H]1O. The molecular weight excluding hydrogens is 1090 g/mol. The summed E-state index contributed by atoms with van der Waals surface area (Å²) in [4.78, 5) is 0. The van der Waals surface area contributed by atoms with E-state index in [2.05, 4.69) is 0 Å². The van der Waals surface area contributed by atoms with Crippen molar-refractivity contribution in [2.45, 2.75) is 215 Å². The maximum Gasteiger partial charge on any atom is 0.187 e. The number of rotatable bonds is 22. The fourth-order valence-electron chi connectivity index (χ4n) is 9.83. The number of ether oxygens (including phenoxy) is 15. The van der Waals surface area contributed by atoms with Crippen LogP contribution in [0.2, 0.25) is 0 Å². The van der Waals surface area contributed by atoms with Gasteiger partial charge in [0.1, 0.15) is 165 Å². The molecule has 1 unspecified atom stereocenters. The van der Waals surface area contributed by atoms with Gasteiger partial charge in [-0.2, -0.15) is 0 Å². The van der Waals surface area contributed by atoms with Crippen LogP contribution in [0.1, 0.15) is 0 Å². The summed E-state index contributed by atoms with van der Waals surface area (Å²) in [5.74, 6) is 0. The molecule has 460 valence electrons. The molecule has 0 amide bonds. The summed E-state index contributed by atoms with van der Waals surface area (Å²) < 4.78 is 82.6. The van der Waals surface area contributed by atoms with Crippen LogP contribution in [0.3, 0.4) is 0 Å². The van der Waals surface area contributed by atoms with Gasteiger partial charge < -0.3 is 178 Å². The second kappa shape index (κ2) is 27.3. The van der Waals surface area contributed by atoms with Crippen LogP contribution in [-0.4, -0.2) is 375 Å². The van der Waals surface area contributed by atoms with Crippen LogP contribution in [0, 0.1) is 0 Å². The highest BCUT2D eigenvalue weighted by Gasteiger charge is 2.55. The summed E-state index contributed by atoms with van der Waals surface area (Å²) in [6.45, 7) is -5.29. The average Bonchev–Trinajstić information content (AvgIpc) is 4.15. The van der Waals surface area contributed by atoms with Crippen molar-refractivity contribution in [2.75, 3.05) is 52.9 Å².